The molecule has 0 aliphatic carbocycles. The molecule has 0 unspecified atom stereocenters. The first kappa shape index (κ1) is 20.1. The lowest BCUT2D eigenvalue weighted by Gasteiger charge is -2.39. The lowest BCUT2D eigenvalue weighted by molar-refractivity contribution is 0.183. The van der Waals surface area contributed by atoms with Gasteiger partial charge in [0, 0.05) is 38.4 Å². The van der Waals surface area contributed by atoms with Crippen LogP contribution in [-0.4, -0.2) is 42.5 Å². The Hall–Kier alpha value is -2.15. The minimum Gasteiger partial charge on any atom is -0.370 e. The fraction of sp³-hybridized carbons (Fsp3) is 0.391. The van der Waals surface area contributed by atoms with E-state index in [2.05, 4.69) is 59.6 Å². The zero-order valence-corrected chi connectivity index (χ0v) is 17.7. The molecular weight excluding hydrogens is 382 g/mol. The zero-order chi connectivity index (χ0) is 20.4. The molecule has 0 amide bonds. The van der Waals surface area contributed by atoms with Crippen molar-refractivity contribution in [3.63, 3.8) is 0 Å². The number of nitrogens with zero attached hydrogens (tertiary/aromatic N) is 2. The number of rotatable bonds is 5. The summed E-state index contributed by atoms with van der Waals surface area (Å²) in [6.07, 6.45) is 6.12. The van der Waals surface area contributed by atoms with Crippen molar-refractivity contribution in [2.24, 2.45) is 5.73 Å². The van der Waals surface area contributed by atoms with Crippen LogP contribution in [0.1, 0.15) is 36.5 Å². The van der Waals surface area contributed by atoms with Crippen LogP contribution < -0.4 is 5.73 Å². The first-order valence-electron chi connectivity index (χ1n) is 10.3. The van der Waals surface area contributed by atoms with E-state index in [9.17, 15) is 8.42 Å². The molecule has 0 bridgehead atoms. The summed E-state index contributed by atoms with van der Waals surface area (Å²) in [7, 11) is -3.07. The van der Waals surface area contributed by atoms with E-state index in [0.29, 0.717) is 25.7 Å². The summed E-state index contributed by atoms with van der Waals surface area (Å²) < 4.78 is 25.8. The van der Waals surface area contributed by atoms with Crippen LogP contribution in [0.25, 0.3) is 17.2 Å². The molecule has 2 N–H and O–H groups in total. The highest BCUT2D eigenvalue weighted by Crippen LogP contribution is 2.30. The van der Waals surface area contributed by atoms with Gasteiger partial charge in [-0.1, -0.05) is 36.4 Å². The van der Waals surface area contributed by atoms with Crippen molar-refractivity contribution < 1.29 is 8.42 Å². The number of hydrogen-bond donors (Lipinski definition) is 1. The highest BCUT2D eigenvalue weighted by molar-refractivity contribution is 7.89. The Kier molecular flexibility index (Phi) is 5.76. The second-order valence-electron chi connectivity index (χ2n) is 7.83. The van der Waals surface area contributed by atoms with Crippen molar-refractivity contribution in [3.05, 3.63) is 65.4 Å². The van der Waals surface area contributed by atoms with Gasteiger partial charge >= 0.3 is 0 Å². The summed E-state index contributed by atoms with van der Waals surface area (Å²) in [4.78, 5) is 2.37. The molecule has 0 saturated carbocycles. The zero-order valence-electron chi connectivity index (χ0n) is 16.9. The van der Waals surface area contributed by atoms with E-state index in [0.717, 1.165) is 24.9 Å². The summed E-state index contributed by atoms with van der Waals surface area (Å²) >= 11 is 0. The third-order valence-corrected chi connectivity index (χ3v) is 8.00. The molecule has 1 saturated heterocycles. The molecule has 4 rings (SSSR count). The van der Waals surface area contributed by atoms with Crippen LogP contribution >= 0.6 is 0 Å². The third kappa shape index (κ3) is 4.25. The largest absolute Gasteiger partial charge is 0.370 e. The Labute approximate surface area is 173 Å². The first-order valence-corrected chi connectivity index (χ1v) is 11.9. The molecule has 0 radical (unpaired) electrons. The van der Waals surface area contributed by atoms with Crippen LogP contribution in [0, 0.1) is 0 Å². The van der Waals surface area contributed by atoms with Crippen LogP contribution in [0.3, 0.4) is 0 Å². The monoisotopic (exact) mass is 411 g/mol. The van der Waals surface area contributed by atoms with Gasteiger partial charge in [0.2, 0.25) is 10.0 Å². The van der Waals surface area contributed by atoms with Gasteiger partial charge in [0.1, 0.15) is 0 Å². The van der Waals surface area contributed by atoms with Gasteiger partial charge in [0.05, 0.1) is 5.75 Å². The normalized spacial score (nSPS) is 18.1. The molecule has 2 aliphatic heterocycles. The fourth-order valence-electron chi connectivity index (χ4n) is 4.22. The quantitative estimate of drug-likeness (QED) is 0.819. The third-order valence-electron chi connectivity index (χ3n) is 6.12. The van der Waals surface area contributed by atoms with Crippen molar-refractivity contribution in [1.29, 1.82) is 0 Å². The maximum absolute atomic E-state index is 12.1. The lowest BCUT2D eigenvalue weighted by atomic mass is 9.95. The number of fused-ring (bicyclic) bond motifs is 1. The molecule has 0 aromatic heterocycles. The number of benzene rings is 2. The second kappa shape index (κ2) is 8.30. The van der Waals surface area contributed by atoms with Crippen molar-refractivity contribution >= 4 is 16.1 Å². The maximum Gasteiger partial charge on any atom is 0.213 e. The van der Waals surface area contributed by atoms with Gasteiger partial charge < -0.3 is 10.6 Å². The van der Waals surface area contributed by atoms with Crippen LogP contribution in [0.2, 0.25) is 0 Å². The summed E-state index contributed by atoms with van der Waals surface area (Å²) in [6.45, 7) is 4.40. The lowest BCUT2D eigenvalue weighted by Crippen LogP contribution is -2.45. The van der Waals surface area contributed by atoms with E-state index in [1.54, 1.807) is 11.2 Å². The van der Waals surface area contributed by atoms with Crippen molar-refractivity contribution in [1.82, 2.24) is 9.21 Å². The van der Waals surface area contributed by atoms with Gasteiger partial charge in [-0.2, -0.15) is 0 Å². The maximum atomic E-state index is 12.1. The van der Waals surface area contributed by atoms with Gasteiger partial charge in [-0.3, -0.25) is 0 Å². The summed E-state index contributed by atoms with van der Waals surface area (Å²) in [5.41, 5.74) is 11.8. The minimum atomic E-state index is -3.07. The minimum absolute atomic E-state index is 0.186. The van der Waals surface area contributed by atoms with E-state index >= 15 is 0 Å². The van der Waals surface area contributed by atoms with Gasteiger partial charge in [-0.15, -0.1) is 0 Å². The van der Waals surface area contributed by atoms with E-state index in [4.69, 9.17) is 5.73 Å². The smallest absolute Gasteiger partial charge is 0.213 e. The van der Waals surface area contributed by atoms with E-state index in [1.165, 1.54) is 22.3 Å². The molecule has 0 spiro atoms. The Balaban J connectivity index is 1.44. The fourth-order valence-corrected chi connectivity index (χ4v) is 5.35. The molecule has 2 aromatic carbocycles. The van der Waals surface area contributed by atoms with Crippen molar-refractivity contribution in [3.8, 4) is 11.1 Å². The summed E-state index contributed by atoms with van der Waals surface area (Å²) in [5, 5.41) is 0. The molecule has 2 heterocycles. The molecular formula is C23H29N3O2S. The Morgan fingerprint density at radius 3 is 2.38 bits per heavy atom. The predicted octanol–water partition coefficient (Wildman–Crippen LogP) is 3.41. The van der Waals surface area contributed by atoms with Gasteiger partial charge in [0.25, 0.3) is 0 Å². The molecule has 6 heteroatoms. The first-order chi connectivity index (χ1) is 14.0. The number of hydrogen-bond acceptors (Lipinski definition) is 4. The molecule has 5 nitrogen and oxygen atoms in total. The number of piperidine rings is 1. The Morgan fingerprint density at radius 1 is 1.03 bits per heavy atom. The Morgan fingerprint density at radius 2 is 1.72 bits per heavy atom. The summed E-state index contributed by atoms with van der Waals surface area (Å²) in [5.74, 6) is 0.186. The molecule has 2 aromatic rings. The van der Waals surface area contributed by atoms with E-state index in [1.807, 2.05) is 0 Å². The highest BCUT2D eigenvalue weighted by atomic mass is 32.2. The van der Waals surface area contributed by atoms with Gasteiger partial charge in [0.15, 0.2) is 0 Å². The molecule has 0 atom stereocenters. The van der Waals surface area contributed by atoms with Crippen LogP contribution in [0.5, 0.6) is 0 Å². The van der Waals surface area contributed by atoms with E-state index < -0.39 is 10.0 Å². The molecule has 2 aliphatic rings. The average molecular weight is 412 g/mol. The topological polar surface area (TPSA) is 66.6 Å². The van der Waals surface area contributed by atoms with Crippen molar-refractivity contribution in [2.45, 2.75) is 38.9 Å². The Bertz CT molecular complexity index is 991. The van der Waals surface area contributed by atoms with Gasteiger partial charge in [-0.05, 0) is 59.7 Å². The van der Waals surface area contributed by atoms with Gasteiger partial charge in [-0.25, -0.2) is 12.7 Å². The van der Waals surface area contributed by atoms with Crippen LogP contribution in [0.15, 0.2) is 48.7 Å². The number of sulfonamides is 1. The van der Waals surface area contributed by atoms with Crippen LogP contribution in [0.4, 0.5) is 0 Å². The van der Waals surface area contributed by atoms with Crippen LogP contribution in [-0.2, 0) is 23.1 Å². The predicted molar refractivity (Wildman–Crippen MR) is 118 cm³/mol. The number of nitrogens with two attached hydrogens (primary N) is 1. The molecule has 154 valence electrons. The molecule has 1 fully saturated rings. The van der Waals surface area contributed by atoms with Crippen molar-refractivity contribution in [2.75, 3.05) is 18.8 Å². The second-order valence-corrected chi connectivity index (χ2v) is 10.1. The SMILES string of the molecule is CCS(=O)(=O)N1CCC(N2C=Cc3cc(-c4ccc(CN)cc4)ccc3C2)CC1. The molecule has 29 heavy (non-hydrogen) atoms. The highest BCUT2D eigenvalue weighted by Gasteiger charge is 2.29. The van der Waals surface area contributed by atoms with E-state index in [-0.39, 0.29) is 5.75 Å². The standard InChI is InChI=1S/C23H29N3O2S/c1-2-29(27,28)26-13-10-23(11-14-26)25-12-9-21-15-20(7-8-22(21)17-25)19-5-3-18(16-24)4-6-19/h3-9,12,15,23H,2,10-11,13-14,16-17,24H2,1H3. The summed E-state index contributed by atoms with van der Waals surface area (Å²) in [6, 6.07) is 15.5. The average Bonchev–Trinajstić information content (AvgIpc) is 2.78.